The van der Waals surface area contributed by atoms with Crippen LogP contribution in [-0.4, -0.2) is 33.8 Å². The van der Waals surface area contributed by atoms with Crippen LogP contribution < -0.4 is 5.32 Å². The molecule has 2 amide bonds. The second-order valence-electron chi connectivity index (χ2n) is 4.80. The van der Waals surface area contributed by atoms with Crippen LogP contribution in [0.5, 0.6) is 0 Å². The summed E-state index contributed by atoms with van der Waals surface area (Å²) >= 11 is 0. The van der Waals surface area contributed by atoms with Crippen molar-refractivity contribution < 1.29 is 4.79 Å². The fourth-order valence-corrected chi connectivity index (χ4v) is 2.25. The second kappa shape index (κ2) is 7.47. The maximum absolute atomic E-state index is 12.0. The molecule has 112 valence electrons. The highest BCUT2D eigenvalue weighted by molar-refractivity contribution is 5.74. The fraction of sp³-hybridized carbons (Fsp3) is 0.375. The molecule has 1 aromatic heterocycles. The van der Waals surface area contributed by atoms with E-state index in [2.05, 4.69) is 16.5 Å². The van der Waals surface area contributed by atoms with Crippen molar-refractivity contribution in [3.05, 3.63) is 53.9 Å². The van der Waals surface area contributed by atoms with Gasteiger partial charge in [0.25, 0.3) is 0 Å². The fourth-order valence-electron chi connectivity index (χ4n) is 2.25. The quantitative estimate of drug-likeness (QED) is 0.887. The van der Waals surface area contributed by atoms with Crippen LogP contribution in [0.2, 0.25) is 0 Å². The van der Waals surface area contributed by atoms with Crippen molar-refractivity contribution in [2.45, 2.75) is 26.9 Å². The lowest BCUT2D eigenvalue weighted by molar-refractivity contribution is 0.203. The first kappa shape index (κ1) is 15.1. The molecular weight excluding hydrogens is 264 g/mol. The summed E-state index contributed by atoms with van der Waals surface area (Å²) in [7, 11) is 0. The summed E-state index contributed by atoms with van der Waals surface area (Å²) in [6.07, 6.45) is 3.70. The Hall–Kier alpha value is -2.30. The minimum atomic E-state index is -0.0195. The molecule has 0 saturated carbocycles. The van der Waals surface area contributed by atoms with E-state index in [0.717, 1.165) is 18.7 Å². The van der Waals surface area contributed by atoms with Crippen LogP contribution >= 0.6 is 0 Å². The Morgan fingerprint density at radius 3 is 2.52 bits per heavy atom. The number of hydrogen-bond donors (Lipinski definition) is 1. The predicted molar refractivity (Wildman–Crippen MR) is 82.9 cm³/mol. The number of urea groups is 1. The van der Waals surface area contributed by atoms with Gasteiger partial charge in [-0.2, -0.15) is 5.10 Å². The standard InChI is InChI=1S/C16H22N4O/c1-3-19(4-2)16(21)17-12-14-8-5-6-9-15(14)13-20-11-7-10-18-20/h5-11H,3-4,12-13H2,1-2H3,(H,17,21). The molecule has 1 aromatic carbocycles. The summed E-state index contributed by atoms with van der Waals surface area (Å²) in [5, 5.41) is 7.20. The maximum atomic E-state index is 12.0. The topological polar surface area (TPSA) is 50.2 Å². The molecule has 0 fully saturated rings. The van der Waals surface area contributed by atoms with Crippen LogP contribution in [0, 0.1) is 0 Å². The summed E-state index contributed by atoms with van der Waals surface area (Å²) in [6.45, 7) is 6.65. The van der Waals surface area contributed by atoms with E-state index in [1.54, 1.807) is 11.1 Å². The number of aromatic nitrogens is 2. The maximum Gasteiger partial charge on any atom is 0.317 e. The molecule has 0 bridgehead atoms. The van der Waals surface area contributed by atoms with Gasteiger partial charge in [-0.05, 0) is 31.0 Å². The van der Waals surface area contributed by atoms with E-state index in [-0.39, 0.29) is 6.03 Å². The molecule has 0 aliphatic heterocycles. The highest BCUT2D eigenvalue weighted by Crippen LogP contribution is 2.10. The first-order chi connectivity index (χ1) is 10.2. The number of carbonyl (C=O) groups excluding carboxylic acids is 1. The van der Waals surface area contributed by atoms with Gasteiger partial charge in [-0.15, -0.1) is 0 Å². The average molecular weight is 286 g/mol. The van der Waals surface area contributed by atoms with Gasteiger partial charge >= 0.3 is 6.03 Å². The molecule has 0 radical (unpaired) electrons. The van der Waals surface area contributed by atoms with Gasteiger partial charge in [-0.3, -0.25) is 4.68 Å². The number of benzene rings is 1. The number of hydrogen-bond acceptors (Lipinski definition) is 2. The smallest absolute Gasteiger partial charge is 0.317 e. The van der Waals surface area contributed by atoms with Gasteiger partial charge in [0.15, 0.2) is 0 Å². The van der Waals surface area contributed by atoms with Crippen LogP contribution in [0.15, 0.2) is 42.7 Å². The van der Waals surface area contributed by atoms with Crippen LogP contribution in [-0.2, 0) is 13.1 Å². The molecular formula is C16H22N4O. The zero-order valence-corrected chi connectivity index (χ0v) is 12.6. The van der Waals surface area contributed by atoms with Crippen molar-refractivity contribution in [2.24, 2.45) is 0 Å². The number of rotatable bonds is 6. The van der Waals surface area contributed by atoms with Crippen LogP contribution in [0.25, 0.3) is 0 Å². The summed E-state index contributed by atoms with van der Waals surface area (Å²) in [5.41, 5.74) is 2.29. The number of nitrogens with zero attached hydrogens (tertiary/aromatic N) is 3. The molecule has 2 aromatic rings. The Morgan fingerprint density at radius 2 is 1.90 bits per heavy atom. The van der Waals surface area contributed by atoms with Crippen molar-refractivity contribution in [1.82, 2.24) is 20.0 Å². The van der Waals surface area contributed by atoms with Crippen molar-refractivity contribution in [2.75, 3.05) is 13.1 Å². The van der Waals surface area contributed by atoms with E-state index in [1.807, 2.05) is 49.0 Å². The van der Waals surface area contributed by atoms with E-state index < -0.39 is 0 Å². The van der Waals surface area contributed by atoms with E-state index >= 15 is 0 Å². The Bertz CT molecular complexity index is 561. The van der Waals surface area contributed by atoms with Crippen LogP contribution in [0.1, 0.15) is 25.0 Å². The SMILES string of the molecule is CCN(CC)C(=O)NCc1ccccc1Cn1cccn1. The minimum absolute atomic E-state index is 0.0195. The highest BCUT2D eigenvalue weighted by Gasteiger charge is 2.09. The minimum Gasteiger partial charge on any atom is -0.334 e. The molecule has 0 atom stereocenters. The lowest BCUT2D eigenvalue weighted by atomic mass is 10.1. The molecule has 1 heterocycles. The molecule has 0 aliphatic carbocycles. The molecule has 0 unspecified atom stereocenters. The number of carbonyl (C=O) groups is 1. The van der Waals surface area contributed by atoms with Gasteiger partial charge in [0.1, 0.15) is 0 Å². The molecule has 1 N–H and O–H groups in total. The summed E-state index contributed by atoms with van der Waals surface area (Å²) in [5.74, 6) is 0. The van der Waals surface area contributed by atoms with E-state index in [0.29, 0.717) is 13.1 Å². The van der Waals surface area contributed by atoms with Crippen molar-refractivity contribution in [3.63, 3.8) is 0 Å². The van der Waals surface area contributed by atoms with Gasteiger partial charge in [0, 0.05) is 32.0 Å². The Balaban J connectivity index is 2.01. The van der Waals surface area contributed by atoms with Crippen LogP contribution in [0.3, 0.4) is 0 Å². The first-order valence-electron chi connectivity index (χ1n) is 7.31. The van der Waals surface area contributed by atoms with E-state index in [1.165, 1.54) is 5.56 Å². The Kier molecular flexibility index (Phi) is 5.37. The van der Waals surface area contributed by atoms with Gasteiger partial charge in [-0.1, -0.05) is 24.3 Å². The zero-order chi connectivity index (χ0) is 15.1. The van der Waals surface area contributed by atoms with Gasteiger partial charge < -0.3 is 10.2 Å². The monoisotopic (exact) mass is 286 g/mol. The van der Waals surface area contributed by atoms with E-state index in [9.17, 15) is 4.79 Å². The Labute approximate surface area is 125 Å². The van der Waals surface area contributed by atoms with Gasteiger partial charge in [0.05, 0.1) is 6.54 Å². The lowest BCUT2D eigenvalue weighted by Gasteiger charge is -2.20. The Morgan fingerprint density at radius 1 is 1.19 bits per heavy atom. The van der Waals surface area contributed by atoms with Crippen molar-refractivity contribution >= 4 is 6.03 Å². The van der Waals surface area contributed by atoms with Crippen molar-refractivity contribution in [1.29, 1.82) is 0 Å². The third-order valence-corrected chi connectivity index (χ3v) is 3.49. The summed E-state index contributed by atoms with van der Waals surface area (Å²) in [6, 6.07) is 10.0. The molecule has 5 nitrogen and oxygen atoms in total. The third kappa shape index (κ3) is 4.08. The third-order valence-electron chi connectivity index (χ3n) is 3.49. The molecule has 0 aliphatic rings. The molecule has 5 heteroatoms. The number of amides is 2. The van der Waals surface area contributed by atoms with Gasteiger partial charge in [-0.25, -0.2) is 4.79 Å². The largest absolute Gasteiger partial charge is 0.334 e. The van der Waals surface area contributed by atoms with E-state index in [4.69, 9.17) is 0 Å². The summed E-state index contributed by atoms with van der Waals surface area (Å²) < 4.78 is 1.88. The molecule has 2 rings (SSSR count). The molecule has 0 spiro atoms. The summed E-state index contributed by atoms with van der Waals surface area (Å²) in [4.78, 5) is 13.8. The molecule has 0 saturated heterocycles. The zero-order valence-electron chi connectivity index (χ0n) is 12.6. The average Bonchev–Trinajstić information content (AvgIpc) is 3.00. The first-order valence-corrected chi connectivity index (χ1v) is 7.31. The predicted octanol–water partition coefficient (Wildman–Crippen LogP) is 2.48. The molecule has 21 heavy (non-hydrogen) atoms. The lowest BCUT2D eigenvalue weighted by Crippen LogP contribution is -2.39. The van der Waals surface area contributed by atoms with Gasteiger partial charge in [0.2, 0.25) is 0 Å². The second-order valence-corrected chi connectivity index (χ2v) is 4.80. The highest BCUT2D eigenvalue weighted by atomic mass is 16.2. The number of nitrogens with one attached hydrogen (secondary N) is 1. The normalized spacial score (nSPS) is 10.4. The van der Waals surface area contributed by atoms with Crippen LogP contribution in [0.4, 0.5) is 4.79 Å². The van der Waals surface area contributed by atoms with Crippen molar-refractivity contribution in [3.8, 4) is 0 Å².